The summed E-state index contributed by atoms with van der Waals surface area (Å²) in [5.41, 5.74) is 0. The Balaban J connectivity index is 0.000000204. The molecule has 0 radical (unpaired) electrons. The molecule has 0 amide bonds. The smallest absolute Gasteiger partial charge is 0.0620 e. The average Bonchev–Trinajstić information content (AvgIpc) is 3.74. The Hall–Kier alpha value is -2.91. The fourth-order valence-corrected chi connectivity index (χ4v) is 10.7. The topological polar surface area (TPSA) is 0 Å². The van der Waals surface area contributed by atoms with Crippen molar-refractivity contribution in [1.29, 1.82) is 0 Å². The van der Waals surface area contributed by atoms with Gasteiger partial charge in [-0.15, -0.1) is 0 Å². The van der Waals surface area contributed by atoms with Gasteiger partial charge in [-0.1, -0.05) is 141 Å². The van der Waals surface area contributed by atoms with Crippen molar-refractivity contribution in [3.63, 3.8) is 0 Å². The van der Waals surface area contributed by atoms with Crippen molar-refractivity contribution in [2.24, 2.45) is 0 Å². The van der Waals surface area contributed by atoms with Crippen LogP contribution in [0.3, 0.4) is 0 Å². The van der Waals surface area contributed by atoms with Gasteiger partial charge in [-0.2, -0.15) is 0 Å². The summed E-state index contributed by atoms with van der Waals surface area (Å²) in [6.07, 6.45) is 7.50. The molecular formula is C42H45ClP2Ru+2. The molecule has 46 heavy (non-hydrogen) atoms. The van der Waals surface area contributed by atoms with Gasteiger partial charge in [-0.3, -0.25) is 0 Å². The second-order valence-electron chi connectivity index (χ2n) is 10.7. The summed E-state index contributed by atoms with van der Waals surface area (Å²) in [7, 11) is 2.81. The van der Waals surface area contributed by atoms with Gasteiger partial charge in [0.15, 0.2) is 0 Å². The second kappa shape index (κ2) is 22.6. The molecule has 4 heteroatoms. The van der Waals surface area contributed by atoms with E-state index in [0.29, 0.717) is 0 Å². The van der Waals surface area contributed by atoms with E-state index in [4.69, 9.17) is 0 Å². The number of rotatable bonds is 6. The van der Waals surface area contributed by atoms with E-state index in [-0.39, 0.29) is 7.43 Å². The van der Waals surface area contributed by atoms with E-state index in [1.54, 1.807) is 0 Å². The Morgan fingerprint density at radius 2 is 0.413 bits per heavy atom. The van der Waals surface area contributed by atoms with E-state index < -0.39 is 15.8 Å². The first-order valence-corrected chi connectivity index (χ1v) is 20.8. The van der Waals surface area contributed by atoms with Crippen molar-refractivity contribution in [3.8, 4) is 0 Å². The molecule has 0 nitrogen and oxygen atoms in total. The van der Waals surface area contributed by atoms with Gasteiger partial charge < -0.3 is 7.43 Å². The molecule has 0 N–H and O–H groups in total. The van der Waals surface area contributed by atoms with Crippen molar-refractivity contribution in [1.82, 2.24) is 0 Å². The van der Waals surface area contributed by atoms with Crippen molar-refractivity contribution >= 4 is 57.4 Å². The zero-order chi connectivity index (χ0) is 31.4. The van der Waals surface area contributed by atoms with Crippen LogP contribution in [0.25, 0.3) is 0 Å². The molecule has 1 aliphatic rings. The molecule has 0 aliphatic heterocycles. The van der Waals surface area contributed by atoms with Crippen LogP contribution in [0.4, 0.5) is 0 Å². The van der Waals surface area contributed by atoms with E-state index in [1.165, 1.54) is 63.9 Å². The van der Waals surface area contributed by atoms with Gasteiger partial charge in [-0.05, 0) is 72.8 Å². The molecule has 236 valence electrons. The first-order chi connectivity index (χ1) is 22.4. The first kappa shape index (κ1) is 37.6. The normalized spacial score (nSPS) is 11.5. The second-order valence-corrected chi connectivity index (χ2v) is 15.7. The third-order valence-corrected chi connectivity index (χ3v) is 13.1. The Morgan fingerprint density at radius 1 is 0.283 bits per heavy atom. The molecule has 1 fully saturated rings. The number of halogens is 1. The van der Waals surface area contributed by atoms with Crippen molar-refractivity contribution < 1.29 is 17.3 Å². The van der Waals surface area contributed by atoms with Gasteiger partial charge in [0, 0.05) is 0 Å². The van der Waals surface area contributed by atoms with Crippen molar-refractivity contribution in [2.75, 3.05) is 0 Å². The summed E-state index contributed by atoms with van der Waals surface area (Å²) in [6, 6.07) is 65.0. The molecule has 6 aromatic carbocycles. The van der Waals surface area contributed by atoms with Gasteiger partial charge in [0.05, 0.1) is 15.8 Å². The van der Waals surface area contributed by atoms with E-state index in [2.05, 4.69) is 192 Å². The number of hydrogen-bond acceptors (Lipinski definition) is 0. The van der Waals surface area contributed by atoms with Crippen LogP contribution in [0.15, 0.2) is 182 Å². The molecule has 0 spiro atoms. The predicted octanol–water partition coefficient (Wildman–Crippen LogP) is 9.44. The summed E-state index contributed by atoms with van der Waals surface area (Å²) in [5, 5.41) is 8.61. The van der Waals surface area contributed by atoms with Gasteiger partial charge in [0.1, 0.15) is 31.8 Å². The van der Waals surface area contributed by atoms with E-state index in [0.717, 1.165) is 0 Å². The minimum absolute atomic E-state index is 0. The van der Waals surface area contributed by atoms with Crippen LogP contribution in [0.5, 0.6) is 0 Å². The Kier molecular flexibility index (Phi) is 18.4. The zero-order valence-corrected chi connectivity index (χ0v) is 31.1. The SMILES string of the molecule is C1CCCC1.[CH3-].[Cl][Ru+].c1ccc([PH+](c2ccccc2)c2ccccc2)cc1.c1ccc([PH+](c2ccccc2)c2ccccc2)cc1. The minimum atomic E-state index is -0.877. The molecular weight excluding hydrogens is 703 g/mol. The van der Waals surface area contributed by atoms with Crippen LogP contribution in [0.2, 0.25) is 0 Å². The predicted molar refractivity (Wildman–Crippen MR) is 208 cm³/mol. The maximum atomic E-state index is 4.57. The van der Waals surface area contributed by atoms with Crippen LogP contribution in [0.1, 0.15) is 32.1 Å². The molecule has 1 aliphatic carbocycles. The van der Waals surface area contributed by atoms with Crippen LogP contribution in [0, 0.1) is 7.43 Å². The standard InChI is InChI=1S/2C18H15P.C5H10.CH3.ClH.Ru/c2*1-4-10-16(11-5-1)19(17-12-6-2-7-13-17)18-14-8-3-9-15-18;1-2-4-5-3-1;;;/h2*1-15H;1-5H2;1H3;1H;/q;;;-1;;+2/p+1. The van der Waals surface area contributed by atoms with E-state index in [1.807, 2.05) is 17.3 Å². The van der Waals surface area contributed by atoms with Crippen molar-refractivity contribution in [2.45, 2.75) is 32.1 Å². The molecule has 0 atom stereocenters. The molecule has 7 rings (SSSR count). The van der Waals surface area contributed by atoms with Gasteiger partial charge in [0.25, 0.3) is 0 Å². The van der Waals surface area contributed by atoms with E-state index >= 15 is 0 Å². The maximum Gasteiger partial charge on any atom is 0.102 e. The molecule has 0 heterocycles. The summed E-state index contributed by atoms with van der Waals surface area (Å²) in [4.78, 5) is 0. The number of benzene rings is 6. The average molecular weight is 748 g/mol. The van der Waals surface area contributed by atoms with Crippen molar-refractivity contribution in [3.05, 3.63) is 189 Å². The quantitative estimate of drug-likeness (QED) is 0.0906. The van der Waals surface area contributed by atoms with Crippen LogP contribution in [-0.4, -0.2) is 0 Å². The van der Waals surface area contributed by atoms with Crippen LogP contribution < -0.4 is 31.8 Å². The van der Waals surface area contributed by atoms with Gasteiger partial charge in [-0.25, -0.2) is 0 Å². The Labute approximate surface area is 294 Å². The third-order valence-electron chi connectivity index (χ3n) is 7.62. The number of hydrogen-bond donors (Lipinski definition) is 0. The third kappa shape index (κ3) is 12.0. The summed E-state index contributed by atoms with van der Waals surface area (Å²) < 4.78 is 0. The molecule has 0 aromatic heterocycles. The monoisotopic (exact) mass is 748 g/mol. The largest absolute Gasteiger partial charge is 0.102 e. The summed E-state index contributed by atoms with van der Waals surface area (Å²) in [6.45, 7) is 0. The Morgan fingerprint density at radius 3 is 0.543 bits per heavy atom. The first-order valence-electron chi connectivity index (χ1n) is 15.6. The molecule has 0 bridgehead atoms. The fraction of sp³-hybridized carbons (Fsp3) is 0.119. The minimum Gasteiger partial charge on any atom is -0.0620 e. The van der Waals surface area contributed by atoms with Crippen LogP contribution in [-0.2, 0) is 17.3 Å². The molecule has 0 saturated heterocycles. The molecule has 0 unspecified atom stereocenters. The van der Waals surface area contributed by atoms with Gasteiger partial charge >= 0.3 is 27.0 Å². The van der Waals surface area contributed by atoms with Crippen LogP contribution >= 0.6 is 25.5 Å². The molecule has 1 saturated carbocycles. The van der Waals surface area contributed by atoms with Gasteiger partial charge in [0.2, 0.25) is 0 Å². The summed E-state index contributed by atoms with van der Waals surface area (Å²) in [5.74, 6) is 0. The maximum absolute atomic E-state index is 4.57. The fourth-order valence-electron chi connectivity index (χ4n) is 5.51. The van der Waals surface area contributed by atoms with E-state index in [9.17, 15) is 0 Å². The Bertz CT molecular complexity index is 1250. The summed E-state index contributed by atoms with van der Waals surface area (Å²) >= 11 is 1.82. The zero-order valence-electron chi connectivity index (χ0n) is 26.6. The molecule has 6 aromatic rings.